The van der Waals surface area contributed by atoms with Crippen molar-refractivity contribution in [2.24, 2.45) is 10.9 Å². The lowest BCUT2D eigenvalue weighted by Gasteiger charge is -2.33. The van der Waals surface area contributed by atoms with Gasteiger partial charge < -0.3 is 15.5 Å². The van der Waals surface area contributed by atoms with Gasteiger partial charge in [0.15, 0.2) is 5.96 Å². The molecule has 0 bridgehead atoms. The molecular weight excluding hydrogens is 288 g/mol. The van der Waals surface area contributed by atoms with Gasteiger partial charge in [0, 0.05) is 31.7 Å². The number of piperidine rings is 1. The molecule has 0 aliphatic carbocycles. The fraction of sp³-hybridized carbons (Fsp3) is 0.556. The third-order valence-electron chi connectivity index (χ3n) is 3.99. The molecule has 1 fully saturated rings. The number of carbonyl (C=O) groups excluding carboxylic acids is 1. The predicted molar refractivity (Wildman–Crippen MR) is 94.7 cm³/mol. The van der Waals surface area contributed by atoms with Crippen LogP contribution in [0, 0.1) is 5.92 Å². The van der Waals surface area contributed by atoms with Crippen molar-refractivity contribution in [3.8, 4) is 0 Å². The summed E-state index contributed by atoms with van der Waals surface area (Å²) in [7, 11) is 0. The average molecular weight is 316 g/mol. The molecule has 1 saturated heterocycles. The molecule has 5 nitrogen and oxygen atoms in total. The second-order valence-electron chi connectivity index (χ2n) is 6.05. The largest absolute Gasteiger partial charge is 0.357 e. The molecule has 1 atom stereocenters. The maximum absolute atomic E-state index is 12.0. The van der Waals surface area contributed by atoms with Gasteiger partial charge in [-0.3, -0.25) is 9.79 Å². The highest BCUT2D eigenvalue weighted by Crippen LogP contribution is 2.15. The van der Waals surface area contributed by atoms with Gasteiger partial charge in [-0.25, -0.2) is 0 Å². The number of hydrogen-bond donors (Lipinski definition) is 2. The van der Waals surface area contributed by atoms with Crippen molar-refractivity contribution in [1.29, 1.82) is 0 Å². The zero-order valence-electron chi connectivity index (χ0n) is 14.2. The highest BCUT2D eigenvalue weighted by molar-refractivity contribution is 5.94. The van der Waals surface area contributed by atoms with E-state index in [0.717, 1.165) is 25.6 Å². The van der Waals surface area contributed by atoms with Crippen LogP contribution in [0.15, 0.2) is 35.3 Å². The molecule has 2 N–H and O–H groups in total. The fourth-order valence-electron chi connectivity index (χ4n) is 2.83. The summed E-state index contributed by atoms with van der Waals surface area (Å²) in [6.07, 6.45) is 2.51. The molecule has 5 heteroatoms. The molecule has 2 rings (SSSR count). The minimum atomic E-state index is -0.0441. The Hall–Kier alpha value is -2.04. The summed E-state index contributed by atoms with van der Waals surface area (Å²) < 4.78 is 0. The van der Waals surface area contributed by atoms with Crippen LogP contribution in [-0.4, -0.2) is 49.5 Å². The SMILES string of the molecule is CCNC(=NCCNC(=O)c1ccccc1)N1CCCC(C)C1. The zero-order chi connectivity index (χ0) is 16.5. The van der Waals surface area contributed by atoms with Crippen molar-refractivity contribution in [1.82, 2.24) is 15.5 Å². The predicted octanol–water partition coefficient (Wildman–Crippen LogP) is 2.11. The maximum atomic E-state index is 12.0. The number of aliphatic imine (C=N–C) groups is 1. The molecule has 1 aromatic rings. The second-order valence-corrected chi connectivity index (χ2v) is 6.05. The molecular formula is C18H28N4O. The Bertz CT molecular complexity index is 515. The summed E-state index contributed by atoms with van der Waals surface area (Å²) in [6, 6.07) is 9.28. The van der Waals surface area contributed by atoms with E-state index in [0.29, 0.717) is 24.6 Å². The van der Waals surface area contributed by atoms with E-state index in [1.54, 1.807) is 0 Å². The first-order valence-corrected chi connectivity index (χ1v) is 8.57. The Balaban J connectivity index is 1.82. The van der Waals surface area contributed by atoms with E-state index < -0.39 is 0 Å². The van der Waals surface area contributed by atoms with E-state index in [2.05, 4.69) is 34.4 Å². The number of likely N-dealkylation sites (tertiary alicyclic amines) is 1. The molecule has 1 heterocycles. The number of nitrogens with zero attached hydrogens (tertiary/aromatic N) is 2. The number of hydrogen-bond acceptors (Lipinski definition) is 2. The standard InChI is InChI=1S/C18H28N4O/c1-3-19-18(22-13-7-8-15(2)14-22)21-12-11-20-17(23)16-9-5-4-6-10-16/h4-6,9-10,15H,3,7-8,11-14H2,1-2H3,(H,19,21)(H,20,23). The van der Waals surface area contributed by atoms with Gasteiger partial charge >= 0.3 is 0 Å². The smallest absolute Gasteiger partial charge is 0.251 e. The number of carbonyl (C=O) groups is 1. The van der Waals surface area contributed by atoms with Gasteiger partial charge in [0.05, 0.1) is 6.54 Å². The Labute approximate surface area is 139 Å². The average Bonchev–Trinajstić information content (AvgIpc) is 2.58. The lowest BCUT2D eigenvalue weighted by Crippen LogP contribution is -2.46. The molecule has 0 saturated carbocycles. The monoisotopic (exact) mass is 316 g/mol. The third kappa shape index (κ3) is 5.58. The summed E-state index contributed by atoms with van der Waals surface area (Å²) in [5.74, 6) is 1.63. The zero-order valence-corrected chi connectivity index (χ0v) is 14.2. The van der Waals surface area contributed by atoms with Crippen molar-refractivity contribution >= 4 is 11.9 Å². The minimum absolute atomic E-state index is 0.0441. The number of guanidine groups is 1. The fourth-order valence-corrected chi connectivity index (χ4v) is 2.83. The molecule has 1 amide bonds. The van der Waals surface area contributed by atoms with Crippen molar-refractivity contribution < 1.29 is 4.79 Å². The van der Waals surface area contributed by atoms with E-state index >= 15 is 0 Å². The summed E-state index contributed by atoms with van der Waals surface area (Å²) in [6.45, 7) is 8.49. The lowest BCUT2D eigenvalue weighted by molar-refractivity contribution is 0.0955. The summed E-state index contributed by atoms with van der Waals surface area (Å²) >= 11 is 0. The Morgan fingerprint density at radius 2 is 2.09 bits per heavy atom. The Morgan fingerprint density at radius 3 is 2.78 bits per heavy atom. The molecule has 23 heavy (non-hydrogen) atoms. The Kier molecular flexibility index (Phi) is 6.91. The minimum Gasteiger partial charge on any atom is -0.357 e. The van der Waals surface area contributed by atoms with Crippen molar-refractivity contribution in [2.45, 2.75) is 26.7 Å². The third-order valence-corrected chi connectivity index (χ3v) is 3.99. The molecule has 1 aliphatic heterocycles. The van der Waals surface area contributed by atoms with Gasteiger partial charge in [0.25, 0.3) is 5.91 Å². The summed E-state index contributed by atoms with van der Waals surface area (Å²) in [5, 5.41) is 6.27. The quantitative estimate of drug-likeness (QED) is 0.497. The first-order valence-electron chi connectivity index (χ1n) is 8.57. The summed E-state index contributed by atoms with van der Waals surface area (Å²) in [5.41, 5.74) is 0.688. The van der Waals surface area contributed by atoms with E-state index in [-0.39, 0.29) is 5.91 Å². The number of amides is 1. The number of rotatable bonds is 5. The highest BCUT2D eigenvalue weighted by Gasteiger charge is 2.18. The van der Waals surface area contributed by atoms with Gasteiger partial charge in [0.1, 0.15) is 0 Å². The van der Waals surface area contributed by atoms with Crippen LogP contribution >= 0.6 is 0 Å². The van der Waals surface area contributed by atoms with E-state index in [4.69, 9.17) is 0 Å². The maximum Gasteiger partial charge on any atom is 0.251 e. The van der Waals surface area contributed by atoms with Crippen molar-refractivity contribution in [3.63, 3.8) is 0 Å². The normalized spacial score (nSPS) is 18.6. The molecule has 0 spiro atoms. The van der Waals surface area contributed by atoms with Crippen LogP contribution < -0.4 is 10.6 Å². The van der Waals surface area contributed by atoms with Gasteiger partial charge in [-0.2, -0.15) is 0 Å². The van der Waals surface area contributed by atoms with Crippen molar-refractivity contribution in [3.05, 3.63) is 35.9 Å². The topological polar surface area (TPSA) is 56.7 Å². The van der Waals surface area contributed by atoms with Gasteiger partial charge in [-0.05, 0) is 37.8 Å². The van der Waals surface area contributed by atoms with Crippen LogP contribution in [0.3, 0.4) is 0 Å². The van der Waals surface area contributed by atoms with Crippen molar-refractivity contribution in [2.75, 3.05) is 32.7 Å². The van der Waals surface area contributed by atoms with E-state index in [9.17, 15) is 4.79 Å². The first-order chi connectivity index (χ1) is 11.2. The van der Waals surface area contributed by atoms with Crippen LogP contribution in [0.4, 0.5) is 0 Å². The highest BCUT2D eigenvalue weighted by atomic mass is 16.1. The number of benzene rings is 1. The van der Waals surface area contributed by atoms with Gasteiger partial charge in [0.2, 0.25) is 0 Å². The van der Waals surface area contributed by atoms with Crippen LogP contribution in [0.1, 0.15) is 37.0 Å². The Morgan fingerprint density at radius 1 is 1.30 bits per heavy atom. The van der Waals surface area contributed by atoms with Crippen LogP contribution in [-0.2, 0) is 0 Å². The lowest BCUT2D eigenvalue weighted by atomic mass is 10.0. The van der Waals surface area contributed by atoms with E-state index in [1.807, 2.05) is 30.3 Å². The molecule has 126 valence electrons. The molecule has 0 radical (unpaired) electrons. The first kappa shape index (κ1) is 17.3. The van der Waals surface area contributed by atoms with Crippen LogP contribution in [0.5, 0.6) is 0 Å². The molecule has 1 aliphatic rings. The van der Waals surface area contributed by atoms with E-state index in [1.165, 1.54) is 12.8 Å². The number of nitrogens with one attached hydrogen (secondary N) is 2. The molecule has 1 unspecified atom stereocenters. The van der Waals surface area contributed by atoms with Gasteiger partial charge in [-0.15, -0.1) is 0 Å². The summed E-state index contributed by atoms with van der Waals surface area (Å²) in [4.78, 5) is 19.0. The molecule has 1 aromatic carbocycles. The molecule has 0 aromatic heterocycles. The second kappa shape index (κ2) is 9.18. The van der Waals surface area contributed by atoms with Crippen LogP contribution in [0.2, 0.25) is 0 Å². The van der Waals surface area contributed by atoms with Gasteiger partial charge in [-0.1, -0.05) is 25.1 Å². The van der Waals surface area contributed by atoms with Crippen LogP contribution in [0.25, 0.3) is 0 Å².